The number of ether oxygens (including phenoxy) is 1. The number of carbonyl (C=O) groups is 2. The highest BCUT2D eigenvalue weighted by Crippen LogP contribution is 2.32. The first-order valence-corrected chi connectivity index (χ1v) is 9.12. The summed E-state index contributed by atoms with van der Waals surface area (Å²) in [6.07, 6.45) is -1.06. The Kier molecular flexibility index (Phi) is 6.61. The number of amides is 1. The van der Waals surface area contributed by atoms with Gasteiger partial charge in [0.05, 0.1) is 5.97 Å². The first kappa shape index (κ1) is 20.5. The standard InChI is InChI=1S/C22H27NO4/c1-13(2)18-7-6-8-19(14(3)4)20(18)23-21(24)16-9-11-17(12-10-16)27-15(5)22(25)26/h6-15H,1-5H3,(H,23,24)(H,25,26)/p-1/t15-/m0/s1. The van der Waals surface area contributed by atoms with Gasteiger partial charge in [-0.2, -0.15) is 0 Å². The van der Waals surface area contributed by atoms with Crippen molar-refractivity contribution in [3.05, 3.63) is 59.2 Å². The number of aliphatic carboxylic acids is 1. The van der Waals surface area contributed by atoms with Crippen LogP contribution in [0.1, 0.15) is 67.9 Å². The number of hydrogen-bond acceptors (Lipinski definition) is 4. The average molecular weight is 368 g/mol. The van der Waals surface area contributed by atoms with Gasteiger partial charge < -0.3 is 20.0 Å². The van der Waals surface area contributed by atoms with E-state index in [1.54, 1.807) is 24.3 Å². The third-order valence-electron chi connectivity index (χ3n) is 4.37. The molecule has 1 atom stereocenters. The Morgan fingerprint density at radius 2 is 1.41 bits per heavy atom. The van der Waals surface area contributed by atoms with Crippen LogP contribution in [0.2, 0.25) is 0 Å². The Hall–Kier alpha value is -2.82. The Morgan fingerprint density at radius 3 is 1.85 bits per heavy atom. The summed E-state index contributed by atoms with van der Waals surface area (Å²) in [5.41, 5.74) is 3.52. The topological polar surface area (TPSA) is 78.5 Å². The molecule has 0 radical (unpaired) electrons. The molecule has 144 valence electrons. The van der Waals surface area contributed by atoms with Gasteiger partial charge >= 0.3 is 0 Å². The van der Waals surface area contributed by atoms with Gasteiger partial charge in [-0.15, -0.1) is 0 Å². The minimum atomic E-state index is -1.29. The van der Waals surface area contributed by atoms with Gasteiger partial charge in [-0.3, -0.25) is 4.79 Å². The van der Waals surface area contributed by atoms with Crippen molar-refractivity contribution in [3.63, 3.8) is 0 Å². The molecule has 0 aliphatic rings. The summed E-state index contributed by atoms with van der Waals surface area (Å²) < 4.78 is 5.24. The maximum absolute atomic E-state index is 12.7. The van der Waals surface area contributed by atoms with E-state index in [9.17, 15) is 14.7 Å². The molecule has 0 aliphatic heterocycles. The number of para-hydroxylation sites is 1. The van der Waals surface area contributed by atoms with Crippen molar-refractivity contribution in [3.8, 4) is 5.75 Å². The summed E-state index contributed by atoms with van der Waals surface area (Å²) in [5.74, 6) is -0.580. The molecule has 0 spiro atoms. The Bertz CT molecular complexity index is 783. The van der Waals surface area contributed by atoms with E-state index in [4.69, 9.17) is 4.74 Å². The summed E-state index contributed by atoms with van der Waals surface area (Å²) in [6.45, 7) is 9.78. The van der Waals surface area contributed by atoms with E-state index in [0.29, 0.717) is 11.3 Å². The molecule has 0 unspecified atom stereocenters. The highest BCUT2D eigenvalue weighted by molar-refractivity contribution is 6.05. The third kappa shape index (κ3) is 5.09. The molecule has 0 aromatic heterocycles. The van der Waals surface area contributed by atoms with E-state index in [2.05, 4.69) is 33.0 Å². The van der Waals surface area contributed by atoms with Crippen LogP contribution in [0.5, 0.6) is 5.75 Å². The fourth-order valence-electron chi connectivity index (χ4n) is 2.82. The van der Waals surface area contributed by atoms with Crippen LogP contribution >= 0.6 is 0 Å². The summed E-state index contributed by atoms with van der Waals surface area (Å²) >= 11 is 0. The van der Waals surface area contributed by atoms with E-state index >= 15 is 0 Å². The minimum absolute atomic E-state index is 0.218. The van der Waals surface area contributed by atoms with Gasteiger partial charge in [-0.05, 0) is 54.2 Å². The van der Waals surface area contributed by atoms with E-state index in [0.717, 1.165) is 16.8 Å². The second-order valence-corrected chi connectivity index (χ2v) is 7.18. The highest BCUT2D eigenvalue weighted by Gasteiger charge is 2.17. The number of rotatable bonds is 7. The predicted octanol–water partition coefficient (Wildman–Crippen LogP) is 3.70. The van der Waals surface area contributed by atoms with Crippen LogP contribution in [0, 0.1) is 0 Å². The number of carbonyl (C=O) groups excluding carboxylic acids is 2. The first-order valence-electron chi connectivity index (χ1n) is 9.12. The zero-order chi connectivity index (χ0) is 20.1. The van der Waals surface area contributed by atoms with Gasteiger partial charge in [0, 0.05) is 11.3 Å². The molecule has 0 bridgehead atoms. The first-order chi connectivity index (χ1) is 12.7. The normalized spacial score (nSPS) is 12.1. The van der Waals surface area contributed by atoms with Crippen LogP contribution in [0.15, 0.2) is 42.5 Å². The van der Waals surface area contributed by atoms with Crippen molar-refractivity contribution in [2.45, 2.75) is 52.6 Å². The second kappa shape index (κ2) is 8.71. The van der Waals surface area contributed by atoms with Gasteiger partial charge in [0.15, 0.2) is 0 Å². The van der Waals surface area contributed by atoms with E-state index in [1.807, 2.05) is 18.2 Å². The van der Waals surface area contributed by atoms with Crippen LogP contribution < -0.4 is 15.2 Å². The molecule has 2 aromatic carbocycles. The van der Waals surface area contributed by atoms with Crippen molar-refractivity contribution < 1.29 is 19.4 Å². The molecular formula is C22H26NO4-. The Morgan fingerprint density at radius 1 is 0.889 bits per heavy atom. The van der Waals surface area contributed by atoms with Crippen molar-refractivity contribution >= 4 is 17.6 Å². The van der Waals surface area contributed by atoms with Crippen LogP contribution in [0.4, 0.5) is 5.69 Å². The van der Waals surface area contributed by atoms with Gasteiger partial charge in [-0.1, -0.05) is 45.9 Å². The molecule has 2 aromatic rings. The lowest BCUT2D eigenvalue weighted by atomic mass is 9.92. The van der Waals surface area contributed by atoms with Gasteiger partial charge in [0.1, 0.15) is 11.9 Å². The highest BCUT2D eigenvalue weighted by atomic mass is 16.5. The molecule has 0 saturated heterocycles. The van der Waals surface area contributed by atoms with Crippen molar-refractivity contribution in [2.24, 2.45) is 0 Å². The number of anilines is 1. The quantitative estimate of drug-likeness (QED) is 0.808. The van der Waals surface area contributed by atoms with Gasteiger partial charge in [0.25, 0.3) is 5.91 Å². The minimum Gasteiger partial charge on any atom is -0.546 e. The van der Waals surface area contributed by atoms with Crippen molar-refractivity contribution in [1.29, 1.82) is 0 Å². The lowest BCUT2D eigenvalue weighted by Crippen LogP contribution is -2.37. The van der Waals surface area contributed by atoms with E-state index in [1.165, 1.54) is 6.92 Å². The van der Waals surface area contributed by atoms with E-state index < -0.39 is 12.1 Å². The zero-order valence-corrected chi connectivity index (χ0v) is 16.4. The van der Waals surface area contributed by atoms with E-state index in [-0.39, 0.29) is 17.7 Å². The molecule has 1 N–H and O–H groups in total. The molecule has 27 heavy (non-hydrogen) atoms. The van der Waals surface area contributed by atoms with Gasteiger partial charge in [-0.25, -0.2) is 0 Å². The Labute approximate surface area is 160 Å². The van der Waals surface area contributed by atoms with Crippen LogP contribution in [0.25, 0.3) is 0 Å². The van der Waals surface area contributed by atoms with Crippen LogP contribution in [-0.4, -0.2) is 18.0 Å². The summed E-state index contributed by atoms with van der Waals surface area (Å²) in [4.78, 5) is 23.5. The molecule has 0 saturated carbocycles. The molecule has 2 rings (SSSR count). The largest absolute Gasteiger partial charge is 0.546 e. The molecular weight excluding hydrogens is 342 g/mol. The van der Waals surface area contributed by atoms with Crippen molar-refractivity contribution in [2.75, 3.05) is 5.32 Å². The summed E-state index contributed by atoms with van der Waals surface area (Å²) in [6, 6.07) is 12.5. The maximum atomic E-state index is 12.7. The number of benzene rings is 2. The smallest absolute Gasteiger partial charge is 0.255 e. The molecule has 1 amide bonds. The summed E-state index contributed by atoms with van der Waals surface area (Å²) in [5, 5.41) is 13.8. The molecule has 5 heteroatoms. The van der Waals surface area contributed by atoms with Crippen molar-refractivity contribution in [1.82, 2.24) is 0 Å². The number of hydrogen-bond donors (Lipinski definition) is 1. The third-order valence-corrected chi connectivity index (χ3v) is 4.37. The van der Waals surface area contributed by atoms with Crippen LogP contribution in [0.3, 0.4) is 0 Å². The fraction of sp³-hybridized carbons (Fsp3) is 0.364. The lowest BCUT2D eigenvalue weighted by molar-refractivity contribution is -0.312. The zero-order valence-electron chi connectivity index (χ0n) is 16.4. The second-order valence-electron chi connectivity index (χ2n) is 7.18. The summed E-state index contributed by atoms with van der Waals surface area (Å²) in [7, 11) is 0. The monoisotopic (exact) mass is 368 g/mol. The molecule has 0 heterocycles. The SMILES string of the molecule is CC(C)c1cccc(C(C)C)c1NC(=O)c1ccc(O[C@@H](C)C(=O)[O-])cc1. The van der Waals surface area contributed by atoms with Crippen LogP contribution in [-0.2, 0) is 4.79 Å². The average Bonchev–Trinajstić information content (AvgIpc) is 2.61. The Balaban J connectivity index is 2.24. The maximum Gasteiger partial charge on any atom is 0.255 e. The number of nitrogens with one attached hydrogen (secondary N) is 1. The molecule has 0 fully saturated rings. The number of carboxylic acids is 1. The molecule has 0 aliphatic carbocycles. The molecule has 5 nitrogen and oxygen atoms in total. The lowest BCUT2D eigenvalue weighted by Gasteiger charge is -2.20. The fourth-order valence-corrected chi connectivity index (χ4v) is 2.82. The predicted molar refractivity (Wildman–Crippen MR) is 104 cm³/mol. The van der Waals surface area contributed by atoms with Gasteiger partial charge in [0.2, 0.25) is 0 Å². The number of carboxylic acid groups (broad SMARTS) is 1.